The van der Waals surface area contributed by atoms with Crippen molar-refractivity contribution in [2.24, 2.45) is 0 Å². The number of carbonyl (C=O) groups is 2. The topological polar surface area (TPSA) is 155 Å². The van der Waals surface area contributed by atoms with Crippen molar-refractivity contribution in [2.75, 3.05) is 44.2 Å². The number of aromatic nitrogens is 3. The molecule has 5 heterocycles. The van der Waals surface area contributed by atoms with Crippen LogP contribution in [0.2, 0.25) is 0 Å². The van der Waals surface area contributed by atoms with Crippen molar-refractivity contribution in [1.29, 1.82) is 0 Å². The second-order valence-corrected chi connectivity index (χ2v) is 10.8. The monoisotopic (exact) mass is 567 g/mol. The first kappa shape index (κ1) is 27.5. The molecule has 0 aliphatic carbocycles. The van der Waals surface area contributed by atoms with Gasteiger partial charge in [-0.05, 0) is 37.1 Å². The Labute approximate surface area is 232 Å². The van der Waals surface area contributed by atoms with Crippen LogP contribution in [0, 0.1) is 6.92 Å². The minimum atomic E-state index is -1.51. The van der Waals surface area contributed by atoms with Gasteiger partial charge in [-0.15, -0.1) is 11.3 Å². The zero-order valence-electron chi connectivity index (χ0n) is 21.9. The van der Waals surface area contributed by atoms with Crippen LogP contribution in [0.1, 0.15) is 16.0 Å². The van der Waals surface area contributed by atoms with E-state index in [2.05, 4.69) is 28.0 Å². The molecular weight excluding hydrogens is 538 g/mol. The lowest BCUT2D eigenvalue weighted by Gasteiger charge is -2.32. The third kappa shape index (κ3) is 6.06. The number of hydrogen-bond acceptors (Lipinski definition) is 10. The maximum atomic E-state index is 13.1. The number of aryl methyl sites for hydroxylation is 1. The van der Waals surface area contributed by atoms with E-state index in [0.29, 0.717) is 31.9 Å². The van der Waals surface area contributed by atoms with E-state index in [9.17, 15) is 19.5 Å². The van der Waals surface area contributed by atoms with E-state index >= 15 is 0 Å². The number of quaternary nitrogens is 1. The molecule has 0 saturated carbocycles. The Morgan fingerprint density at radius 2 is 2.05 bits per heavy atom. The van der Waals surface area contributed by atoms with Crippen molar-refractivity contribution >= 4 is 50.3 Å². The molecule has 0 amide bonds. The first-order valence-electron chi connectivity index (χ1n) is 12.9. The summed E-state index contributed by atoms with van der Waals surface area (Å²) in [4.78, 5) is 42.5. The van der Waals surface area contributed by atoms with Crippen LogP contribution >= 0.6 is 11.3 Å². The summed E-state index contributed by atoms with van der Waals surface area (Å²) in [5.74, 6) is -1.86. The second-order valence-electron chi connectivity index (χ2n) is 9.71. The van der Waals surface area contributed by atoms with Crippen LogP contribution in [0.4, 0.5) is 5.82 Å². The molecular formula is C27H29N5O7S. The van der Waals surface area contributed by atoms with E-state index < -0.39 is 11.9 Å². The fourth-order valence-electron chi connectivity index (χ4n) is 4.98. The van der Waals surface area contributed by atoms with Crippen LogP contribution in [0.25, 0.3) is 21.2 Å². The lowest BCUT2D eigenvalue weighted by atomic mass is 10.1. The van der Waals surface area contributed by atoms with Gasteiger partial charge in [-0.1, -0.05) is 16.8 Å². The highest BCUT2D eigenvalue weighted by Crippen LogP contribution is 2.31. The smallest absolute Gasteiger partial charge is 0.328 e. The van der Waals surface area contributed by atoms with Crippen molar-refractivity contribution < 1.29 is 34.0 Å². The highest BCUT2D eigenvalue weighted by Gasteiger charge is 2.25. The number of fused-ring (bicyclic) bond motifs is 4. The number of thiophene rings is 1. The Morgan fingerprint density at radius 3 is 2.77 bits per heavy atom. The molecule has 40 heavy (non-hydrogen) atoms. The van der Waals surface area contributed by atoms with Crippen molar-refractivity contribution in [3.05, 3.63) is 63.0 Å². The number of aliphatic carboxylic acids is 2. The maximum absolute atomic E-state index is 13.1. The number of hydrogen-bond donors (Lipinski definition) is 2. The molecule has 3 aromatic heterocycles. The van der Waals surface area contributed by atoms with Crippen molar-refractivity contribution in [2.45, 2.75) is 26.5 Å². The molecule has 0 atom stereocenters. The van der Waals surface area contributed by atoms with Gasteiger partial charge in [0.2, 0.25) is 0 Å². The predicted molar refractivity (Wildman–Crippen MR) is 146 cm³/mol. The molecule has 12 nitrogen and oxygen atoms in total. The van der Waals surface area contributed by atoms with E-state index in [4.69, 9.17) is 14.4 Å². The van der Waals surface area contributed by atoms with Gasteiger partial charge in [0.05, 0.1) is 75.6 Å². The van der Waals surface area contributed by atoms with Gasteiger partial charge in [-0.2, -0.15) is 0 Å². The van der Waals surface area contributed by atoms with E-state index in [-0.39, 0.29) is 5.56 Å². The zero-order chi connectivity index (χ0) is 28.2. The summed E-state index contributed by atoms with van der Waals surface area (Å²) in [6.45, 7) is 8.84. The molecule has 1 aromatic carbocycles. The van der Waals surface area contributed by atoms with Gasteiger partial charge in [0.25, 0.3) is 5.56 Å². The van der Waals surface area contributed by atoms with Crippen molar-refractivity contribution in [3.8, 4) is 0 Å². The summed E-state index contributed by atoms with van der Waals surface area (Å²) in [7, 11) is 0. The molecule has 0 bridgehead atoms. The Hall–Kier alpha value is -4.07. The summed E-state index contributed by atoms with van der Waals surface area (Å²) in [6, 6.07) is 6.18. The lowest BCUT2D eigenvalue weighted by molar-refractivity contribution is -0.901. The Bertz CT molecular complexity index is 1620. The zero-order valence-corrected chi connectivity index (χ0v) is 22.7. The molecule has 1 fully saturated rings. The van der Waals surface area contributed by atoms with Crippen molar-refractivity contribution in [3.63, 3.8) is 0 Å². The number of nitrogens with one attached hydrogen (secondary N) is 1. The van der Waals surface area contributed by atoms with Crippen molar-refractivity contribution in [1.82, 2.24) is 14.7 Å². The van der Waals surface area contributed by atoms with Crippen LogP contribution in [0.15, 0.2) is 46.0 Å². The SMILES string of the molecule is Cc1ccc2onc(N3CC[NH+](CCn4cnc5sc6c(c5c4=O)CCOC6)CC3)c2c1.O=C([O-])/C=C/C(=O)O. The minimum Gasteiger partial charge on any atom is -0.545 e. The molecule has 1 saturated heterocycles. The highest BCUT2D eigenvalue weighted by molar-refractivity contribution is 7.18. The summed E-state index contributed by atoms with van der Waals surface area (Å²) >= 11 is 1.60. The second kappa shape index (κ2) is 12.0. The molecule has 0 radical (unpaired) electrons. The first-order chi connectivity index (χ1) is 19.3. The standard InChI is InChI=1S/C23H25N5O3S.C4H4O4/c1-15-2-3-18-17(12-15)21(25-31-18)27-8-5-26(6-9-27)7-10-28-14-24-22-20(23(28)29)16-4-11-30-13-19(16)32-22;5-3(6)1-2-4(7)8/h2-3,12,14H,4-11,13H2,1H3;1-2H,(H,5,6)(H,7,8)/b;2-1+. The number of nitrogens with zero attached hydrogens (tertiary/aromatic N) is 4. The lowest BCUT2D eigenvalue weighted by Crippen LogP contribution is -3.15. The normalized spacial score (nSPS) is 15.8. The van der Waals surface area contributed by atoms with Crippen LogP contribution in [-0.2, 0) is 33.9 Å². The largest absolute Gasteiger partial charge is 0.545 e. The van der Waals surface area contributed by atoms with Gasteiger partial charge >= 0.3 is 5.97 Å². The van der Waals surface area contributed by atoms with Gasteiger partial charge in [0.1, 0.15) is 4.83 Å². The van der Waals surface area contributed by atoms with E-state index in [1.807, 2.05) is 12.1 Å². The Kier molecular flexibility index (Phi) is 8.24. The third-order valence-corrected chi connectivity index (χ3v) is 8.15. The van der Waals surface area contributed by atoms with E-state index in [0.717, 1.165) is 76.6 Å². The van der Waals surface area contributed by atoms with Gasteiger partial charge in [0.15, 0.2) is 11.4 Å². The Morgan fingerprint density at radius 1 is 1.25 bits per heavy atom. The fourth-order valence-corrected chi connectivity index (χ4v) is 6.09. The number of ether oxygens (including phenoxy) is 1. The summed E-state index contributed by atoms with van der Waals surface area (Å²) in [6.07, 6.45) is 3.46. The van der Waals surface area contributed by atoms with Gasteiger partial charge in [-0.3, -0.25) is 9.36 Å². The van der Waals surface area contributed by atoms with Crippen LogP contribution in [-0.4, -0.2) is 71.1 Å². The number of rotatable bonds is 6. The molecule has 210 valence electrons. The average molecular weight is 568 g/mol. The summed E-state index contributed by atoms with van der Waals surface area (Å²) < 4.78 is 12.9. The quantitative estimate of drug-likeness (QED) is 0.298. The Balaban J connectivity index is 0.000000355. The highest BCUT2D eigenvalue weighted by atomic mass is 32.1. The molecule has 0 spiro atoms. The van der Waals surface area contributed by atoms with Crippen LogP contribution in [0.3, 0.4) is 0 Å². The van der Waals surface area contributed by atoms with E-state index in [1.165, 1.54) is 10.5 Å². The molecule has 0 unspecified atom stereocenters. The molecule has 2 aliphatic heterocycles. The average Bonchev–Trinajstić information content (AvgIpc) is 3.54. The van der Waals surface area contributed by atoms with Gasteiger partial charge in [0, 0.05) is 11.0 Å². The summed E-state index contributed by atoms with van der Waals surface area (Å²) in [5, 5.41) is 23.5. The number of benzene rings is 1. The maximum Gasteiger partial charge on any atom is 0.328 e. The summed E-state index contributed by atoms with van der Waals surface area (Å²) in [5.41, 5.74) is 3.29. The minimum absolute atomic E-state index is 0.0943. The van der Waals surface area contributed by atoms with Gasteiger partial charge < -0.3 is 34.1 Å². The number of carbonyl (C=O) groups excluding carboxylic acids is 1. The first-order valence-corrected chi connectivity index (χ1v) is 13.8. The number of piperazine rings is 1. The fraction of sp³-hybridized carbons (Fsp3) is 0.370. The molecule has 6 rings (SSSR count). The van der Waals surface area contributed by atoms with Gasteiger partial charge in [-0.25, -0.2) is 9.78 Å². The van der Waals surface area contributed by atoms with Crippen LogP contribution in [0.5, 0.6) is 0 Å². The number of carboxylic acids is 2. The molecule has 2 aliphatic rings. The molecule has 4 aromatic rings. The third-order valence-electron chi connectivity index (χ3n) is 7.04. The predicted octanol–water partition coefficient (Wildman–Crippen LogP) is -0.237. The number of carboxylic acid groups (broad SMARTS) is 2. The van der Waals surface area contributed by atoms with Crippen LogP contribution < -0.4 is 20.5 Å². The number of anilines is 1. The van der Waals surface area contributed by atoms with E-state index in [1.54, 1.807) is 22.2 Å². The molecule has 2 N–H and O–H groups in total. The molecule has 13 heteroatoms.